The molecule has 31 heavy (non-hydrogen) atoms. The molecule has 5 heteroatoms. The van der Waals surface area contributed by atoms with E-state index < -0.39 is 12.1 Å². The van der Waals surface area contributed by atoms with Gasteiger partial charge in [-0.05, 0) is 46.2 Å². The molecule has 1 aliphatic rings. The number of thiol groups is 1. The Bertz CT molecular complexity index is 1380. The number of hydrogen-bond acceptors (Lipinski definition) is 4. The minimum absolute atomic E-state index is 0.00683. The molecule has 0 saturated carbocycles. The van der Waals surface area contributed by atoms with Gasteiger partial charge in [-0.2, -0.15) is 5.26 Å². The van der Waals surface area contributed by atoms with Crippen molar-refractivity contribution >= 4 is 45.8 Å². The number of fused-ring (bicyclic) bond motifs is 2. The third kappa shape index (κ3) is 3.04. The third-order valence-corrected chi connectivity index (χ3v) is 6.22. The first-order valence-electron chi connectivity index (χ1n) is 9.99. The zero-order valence-corrected chi connectivity index (χ0v) is 17.7. The van der Waals surface area contributed by atoms with Crippen molar-refractivity contribution in [3.05, 3.63) is 101 Å². The molecule has 0 bridgehead atoms. The molecule has 1 heterocycles. The van der Waals surface area contributed by atoms with Gasteiger partial charge in [0.2, 0.25) is 0 Å². The lowest BCUT2D eigenvalue weighted by atomic mass is 9.93. The number of nitrogens with zero attached hydrogens (tertiary/aromatic N) is 2. The molecule has 0 aliphatic carbocycles. The molecule has 0 saturated heterocycles. The summed E-state index contributed by atoms with van der Waals surface area (Å²) >= 11 is 4.67. The van der Waals surface area contributed by atoms with Gasteiger partial charge in [0, 0.05) is 11.3 Å². The van der Waals surface area contributed by atoms with Gasteiger partial charge in [0.05, 0.1) is 5.03 Å². The van der Waals surface area contributed by atoms with Crippen molar-refractivity contribution in [2.24, 2.45) is 0 Å². The summed E-state index contributed by atoms with van der Waals surface area (Å²) in [4.78, 5) is 14.8. The second-order valence-electron chi connectivity index (χ2n) is 7.58. The van der Waals surface area contributed by atoms with Gasteiger partial charge in [0.15, 0.2) is 0 Å². The normalized spacial score (nSPS) is 16.5. The fourth-order valence-corrected chi connectivity index (χ4v) is 4.71. The highest BCUT2D eigenvalue weighted by atomic mass is 32.1. The summed E-state index contributed by atoms with van der Waals surface area (Å²) in [5.74, 6) is -0.417. The average Bonchev–Trinajstić information content (AvgIpc) is 2.78. The van der Waals surface area contributed by atoms with E-state index in [0.717, 1.165) is 38.4 Å². The summed E-state index contributed by atoms with van der Waals surface area (Å²) in [5.41, 5.74) is 2.90. The van der Waals surface area contributed by atoms with Crippen molar-refractivity contribution in [1.29, 1.82) is 5.26 Å². The Morgan fingerprint density at radius 2 is 1.52 bits per heavy atom. The van der Waals surface area contributed by atoms with Gasteiger partial charge >= 0.3 is 0 Å². The lowest BCUT2D eigenvalue weighted by Crippen LogP contribution is -2.46. The smallest absolute Gasteiger partial charge is 0.266 e. The largest absolute Gasteiger partial charge is 0.327 e. The van der Waals surface area contributed by atoms with E-state index in [0.29, 0.717) is 5.03 Å². The topological polar surface area (TPSA) is 56.1 Å². The molecule has 4 nitrogen and oxygen atoms in total. The van der Waals surface area contributed by atoms with E-state index in [2.05, 4.69) is 48.3 Å². The molecule has 1 unspecified atom stereocenters. The van der Waals surface area contributed by atoms with Crippen LogP contribution in [-0.2, 0) is 4.79 Å². The number of rotatable bonds is 2. The minimum atomic E-state index is -0.519. The van der Waals surface area contributed by atoms with Gasteiger partial charge in [-0.25, -0.2) is 0 Å². The van der Waals surface area contributed by atoms with Crippen molar-refractivity contribution in [1.82, 2.24) is 5.32 Å². The summed E-state index contributed by atoms with van der Waals surface area (Å²) < 4.78 is 0. The Balaban J connectivity index is 1.88. The second kappa shape index (κ2) is 7.50. The highest BCUT2D eigenvalue weighted by molar-refractivity contribution is 7.84. The SMILES string of the molecule is Cc1ccccc1N1C(S)=C(C#N)C(=O)NC1c1c2ccccc2cc2ccccc12. The van der Waals surface area contributed by atoms with E-state index >= 15 is 0 Å². The molecule has 4 aromatic rings. The summed E-state index contributed by atoms with van der Waals surface area (Å²) in [6.45, 7) is 2.01. The Morgan fingerprint density at radius 3 is 2.13 bits per heavy atom. The molecular formula is C26H19N3OS. The molecule has 5 rings (SSSR count). The number of hydrogen-bond donors (Lipinski definition) is 2. The quantitative estimate of drug-likeness (QED) is 0.327. The van der Waals surface area contributed by atoms with Crippen LogP contribution in [0, 0.1) is 18.3 Å². The zero-order chi connectivity index (χ0) is 21.5. The molecule has 0 fully saturated rings. The number of amides is 1. The first-order chi connectivity index (χ1) is 15.1. The first kappa shape index (κ1) is 19.2. The summed E-state index contributed by atoms with van der Waals surface area (Å²) in [7, 11) is 0. The second-order valence-corrected chi connectivity index (χ2v) is 8.00. The summed E-state index contributed by atoms with van der Waals surface area (Å²) in [5, 5.41) is 17.3. The van der Waals surface area contributed by atoms with Crippen molar-refractivity contribution in [2.75, 3.05) is 4.90 Å². The minimum Gasteiger partial charge on any atom is -0.327 e. The van der Waals surface area contributed by atoms with Crippen molar-refractivity contribution < 1.29 is 4.79 Å². The first-order valence-corrected chi connectivity index (χ1v) is 10.4. The van der Waals surface area contributed by atoms with E-state index in [9.17, 15) is 10.1 Å². The van der Waals surface area contributed by atoms with Crippen LogP contribution in [0.3, 0.4) is 0 Å². The number of carbonyl (C=O) groups excluding carboxylic acids is 1. The number of nitrogens with one attached hydrogen (secondary N) is 1. The van der Waals surface area contributed by atoms with Gasteiger partial charge in [-0.15, -0.1) is 12.6 Å². The number of benzene rings is 4. The maximum Gasteiger partial charge on any atom is 0.266 e. The van der Waals surface area contributed by atoms with Crippen LogP contribution in [0.2, 0.25) is 0 Å². The monoisotopic (exact) mass is 421 g/mol. The Kier molecular flexibility index (Phi) is 4.65. The van der Waals surface area contributed by atoms with Crippen molar-refractivity contribution in [2.45, 2.75) is 13.1 Å². The highest BCUT2D eigenvalue weighted by Gasteiger charge is 2.36. The van der Waals surface area contributed by atoms with Gasteiger partial charge in [-0.3, -0.25) is 4.79 Å². The number of anilines is 1. The molecular weight excluding hydrogens is 402 g/mol. The van der Waals surface area contributed by atoms with Crippen LogP contribution in [0.4, 0.5) is 5.69 Å². The van der Waals surface area contributed by atoms with Crippen LogP contribution >= 0.6 is 12.6 Å². The fraction of sp³-hybridized carbons (Fsp3) is 0.0769. The van der Waals surface area contributed by atoms with Crippen LogP contribution < -0.4 is 10.2 Å². The van der Waals surface area contributed by atoms with E-state index in [-0.39, 0.29) is 5.57 Å². The van der Waals surface area contributed by atoms with Gasteiger partial charge in [0.25, 0.3) is 5.91 Å². The summed E-state index contributed by atoms with van der Waals surface area (Å²) in [6, 6.07) is 28.4. The molecule has 0 spiro atoms. The number of nitriles is 1. The fourth-order valence-electron chi connectivity index (χ4n) is 4.34. The van der Waals surface area contributed by atoms with E-state index in [1.54, 1.807) is 0 Å². The highest BCUT2D eigenvalue weighted by Crippen LogP contribution is 2.42. The maximum atomic E-state index is 12.9. The molecule has 1 N–H and O–H groups in total. The van der Waals surface area contributed by atoms with E-state index in [4.69, 9.17) is 0 Å². The number of para-hydroxylation sites is 1. The summed E-state index contributed by atoms with van der Waals surface area (Å²) in [6.07, 6.45) is -0.519. The Morgan fingerprint density at radius 1 is 0.935 bits per heavy atom. The lowest BCUT2D eigenvalue weighted by Gasteiger charge is -2.39. The van der Waals surface area contributed by atoms with Gasteiger partial charge in [-0.1, -0.05) is 66.7 Å². The van der Waals surface area contributed by atoms with Gasteiger partial charge in [0.1, 0.15) is 17.8 Å². The van der Waals surface area contributed by atoms with Crippen molar-refractivity contribution in [3.63, 3.8) is 0 Å². The average molecular weight is 422 g/mol. The van der Waals surface area contributed by atoms with Crippen LogP contribution in [0.1, 0.15) is 17.3 Å². The maximum absolute atomic E-state index is 12.9. The molecule has 150 valence electrons. The van der Waals surface area contributed by atoms with E-state index in [1.807, 2.05) is 66.4 Å². The molecule has 1 aliphatic heterocycles. The zero-order valence-electron chi connectivity index (χ0n) is 16.8. The number of carbonyl (C=O) groups is 1. The predicted octanol–water partition coefficient (Wildman–Crippen LogP) is 5.60. The Labute approximate surface area is 185 Å². The van der Waals surface area contributed by atoms with Crippen LogP contribution in [0.5, 0.6) is 0 Å². The third-order valence-electron chi connectivity index (χ3n) is 5.78. The Hall–Kier alpha value is -3.75. The number of aryl methyl sites for hydroxylation is 1. The molecule has 1 amide bonds. The molecule has 0 radical (unpaired) electrons. The molecule has 4 aromatic carbocycles. The van der Waals surface area contributed by atoms with E-state index in [1.165, 1.54) is 0 Å². The van der Waals surface area contributed by atoms with Crippen LogP contribution in [0.25, 0.3) is 21.5 Å². The predicted molar refractivity (Wildman–Crippen MR) is 128 cm³/mol. The molecule has 1 atom stereocenters. The van der Waals surface area contributed by atoms with Crippen molar-refractivity contribution in [3.8, 4) is 6.07 Å². The van der Waals surface area contributed by atoms with Crippen LogP contribution in [-0.4, -0.2) is 5.91 Å². The van der Waals surface area contributed by atoms with Gasteiger partial charge < -0.3 is 10.2 Å². The lowest BCUT2D eigenvalue weighted by molar-refractivity contribution is -0.118. The standard InChI is InChI=1S/C26H19N3OS/c1-16-8-2-7-13-22(16)29-24(28-25(30)21(15-27)26(29)31)23-19-11-5-3-9-17(19)14-18-10-4-6-12-20(18)23/h2-14,24,31H,1H3,(H,28,30). The van der Waals surface area contributed by atoms with Crippen LogP contribution in [0.15, 0.2) is 89.5 Å². The molecule has 0 aromatic heterocycles.